The molecule has 0 heterocycles. The molecule has 0 bridgehead atoms. The van der Waals surface area contributed by atoms with Gasteiger partial charge in [0.1, 0.15) is 13.2 Å². The predicted molar refractivity (Wildman–Crippen MR) is 348 cm³/mol. The van der Waals surface area contributed by atoms with Gasteiger partial charge in [0.15, 0.2) is 6.10 Å². The van der Waals surface area contributed by atoms with Crippen LogP contribution in [0, 0.1) is 0 Å². The van der Waals surface area contributed by atoms with Crippen molar-refractivity contribution >= 4 is 17.9 Å². The fourth-order valence-electron chi connectivity index (χ4n) is 10.3. The largest absolute Gasteiger partial charge is 0.462 e. The van der Waals surface area contributed by atoms with E-state index in [0.717, 1.165) is 122 Å². The van der Waals surface area contributed by atoms with Crippen LogP contribution in [-0.2, 0) is 28.6 Å². The Kier molecular flexibility index (Phi) is 65.7. The predicted octanol–water partition coefficient (Wildman–Crippen LogP) is 24.1. The zero-order chi connectivity index (χ0) is 57.8. The first-order valence-electron chi connectivity index (χ1n) is 34.9. The van der Waals surface area contributed by atoms with Crippen molar-refractivity contribution < 1.29 is 28.6 Å². The Bertz CT molecular complexity index is 1470. The van der Waals surface area contributed by atoms with Gasteiger partial charge in [-0.05, 0) is 83.5 Å². The van der Waals surface area contributed by atoms with E-state index in [1.807, 2.05) is 0 Å². The summed E-state index contributed by atoms with van der Waals surface area (Å²) >= 11 is 0. The lowest BCUT2D eigenvalue weighted by Crippen LogP contribution is -2.30. The fourth-order valence-corrected chi connectivity index (χ4v) is 10.3. The Hall–Kier alpha value is -3.15. The van der Waals surface area contributed by atoms with Crippen LogP contribution in [0.15, 0.2) is 72.9 Å². The summed E-state index contributed by atoms with van der Waals surface area (Å²) in [4.78, 5) is 38.4. The molecular formula is C74H132O6. The summed E-state index contributed by atoms with van der Waals surface area (Å²) in [7, 11) is 0. The number of esters is 3. The van der Waals surface area contributed by atoms with Gasteiger partial charge in [-0.15, -0.1) is 0 Å². The highest BCUT2D eigenvalue weighted by molar-refractivity contribution is 5.71. The van der Waals surface area contributed by atoms with E-state index >= 15 is 0 Å². The van der Waals surface area contributed by atoms with Crippen molar-refractivity contribution in [2.45, 2.75) is 367 Å². The molecule has 0 aromatic heterocycles. The maximum atomic E-state index is 12.9. The van der Waals surface area contributed by atoms with E-state index in [-0.39, 0.29) is 31.1 Å². The van der Waals surface area contributed by atoms with Crippen molar-refractivity contribution in [3.63, 3.8) is 0 Å². The summed E-state index contributed by atoms with van der Waals surface area (Å²) in [6.07, 6.45) is 89.4. The average molecular weight is 1120 g/mol. The number of carbonyl (C=O) groups excluding carboxylic acids is 3. The first-order chi connectivity index (χ1) is 39.5. The molecule has 0 saturated carbocycles. The number of ether oxygens (including phenoxy) is 3. The lowest BCUT2D eigenvalue weighted by molar-refractivity contribution is -0.167. The summed E-state index contributed by atoms with van der Waals surface area (Å²) in [6.45, 7) is 6.45. The van der Waals surface area contributed by atoms with Crippen molar-refractivity contribution in [1.82, 2.24) is 0 Å². The van der Waals surface area contributed by atoms with Crippen molar-refractivity contribution in [3.8, 4) is 0 Å². The van der Waals surface area contributed by atoms with E-state index < -0.39 is 6.10 Å². The van der Waals surface area contributed by atoms with Gasteiger partial charge in [0.05, 0.1) is 0 Å². The van der Waals surface area contributed by atoms with Crippen molar-refractivity contribution in [2.24, 2.45) is 0 Å². The van der Waals surface area contributed by atoms with E-state index in [9.17, 15) is 14.4 Å². The molecule has 0 saturated heterocycles. The van der Waals surface area contributed by atoms with Crippen LogP contribution in [0.25, 0.3) is 0 Å². The SMILES string of the molecule is CC/C=C\C/C=C\C/C=C\CCCCCCCCCC(=O)OC(COC(=O)CCCCCCC/C=C\C/C=C\C/C=C\CC)COC(=O)CCCCCCCCCCCCCCCCCCCCCCCCCCCCCCCC. The molecule has 0 aliphatic rings. The second-order valence-electron chi connectivity index (χ2n) is 23.4. The Morgan fingerprint density at radius 2 is 0.487 bits per heavy atom. The van der Waals surface area contributed by atoms with Crippen LogP contribution in [0.2, 0.25) is 0 Å². The summed E-state index contributed by atoms with van der Waals surface area (Å²) < 4.78 is 16.9. The monoisotopic (exact) mass is 1120 g/mol. The fraction of sp³-hybridized carbons (Fsp3) is 0.797. The summed E-state index contributed by atoms with van der Waals surface area (Å²) in [5.41, 5.74) is 0. The van der Waals surface area contributed by atoms with E-state index in [1.165, 1.54) is 199 Å². The highest BCUT2D eigenvalue weighted by atomic mass is 16.6. The number of allylic oxidation sites excluding steroid dienone is 12. The summed E-state index contributed by atoms with van der Waals surface area (Å²) in [5, 5.41) is 0. The third-order valence-electron chi connectivity index (χ3n) is 15.5. The van der Waals surface area contributed by atoms with Gasteiger partial charge in [-0.1, -0.05) is 331 Å². The topological polar surface area (TPSA) is 78.9 Å². The molecule has 0 rings (SSSR count). The minimum absolute atomic E-state index is 0.0823. The van der Waals surface area contributed by atoms with Crippen molar-refractivity contribution in [1.29, 1.82) is 0 Å². The van der Waals surface area contributed by atoms with Crippen LogP contribution < -0.4 is 0 Å². The highest BCUT2D eigenvalue weighted by Crippen LogP contribution is 2.18. The Labute approximate surface area is 497 Å². The second kappa shape index (κ2) is 68.3. The number of carbonyl (C=O) groups is 3. The minimum Gasteiger partial charge on any atom is -0.462 e. The van der Waals surface area contributed by atoms with Gasteiger partial charge < -0.3 is 14.2 Å². The van der Waals surface area contributed by atoms with E-state index in [2.05, 4.69) is 93.7 Å². The maximum Gasteiger partial charge on any atom is 0.306 e. The number of hydrogen-bond acceptors (Lipinski definition) is 6. The number of rotatable bonds is 64. The standard InChI is InChI=1S/C74H132O6/c1-4-7-10-13-16-19-22-25-28-30-31-32-33-34-35-36-37-38-39-40-41-42-44-46-49-52-55-58-61-64-67-73(76)79-70-71(69-78-72(75)66-63-60-57-54-51-48-45-27-24-21-18-15-12-9-6-3)80-74(77)68-65-62-59-56-53-50-47-43-29-26-23-20-17-14-11-8-5-2/h8-9,11-12,17-18,20-21,26-27,29,45,71H,4-7,10,13-16,19,22-25,28,30-44,46-70H2,1-3H3/b11-8-,12-9-,20-17-,21-18-,29-26-,45-27-. The molecule has 0 aliphatic carbocycles. The van der Waals surface area contributed by atoms with Gasteiger partial charge >= 0.3 is 17.9 Å². The lowest BCUT2D eigenvalue weighted by atomic mass is 10.0. The first kappa shape index (κ1) is 76.9. The molecule has 6 heteroatoms. The molecule has 1 atom stereocenters. The van der Waals surface area contributed by atoms with Gasteiger partial charge in [-0.2, -0.15) is 0 Å². The molecular weight excluding hydrogens is 985 g/mol. The Balaban J connectivity index is 4.20. The normalized spacial score (nSPS) is 12.5. The zero-order valence-corrected chi connectivity index (χ0v) is 53.3. The van der Waals surface area contributed by atoms with Crippen LogP contribution in [0.1, 0.15) is 361 Å². The smallest absolute Gasteiger partial charge is 0.306 e. The molecule has 0 radical (unpaired) electrons. The molecule has 0 spiro atoms. The molecule has 80 heavy (non-hydrogen) atoms. The molecule has 0 fully saturated rings. The molecule has 1 unspecified atom stereocenters. The van der Waals surface area contributed by atoms with Crippen LogP contribution >= 0.6 is 0 Å². The third kappa shape index (κ3) is 65.7. The van der Waals surface area contributed by atoms with E-state index in [1.54, 1.807) is 0 Å². The first-order valence-corrected chi connectivity index (χ1v) is 34.9. The minimum atomic E-state index is -0.789. The summed E-state index contributed by atoms with van der Waals surface area (Å²) in [5.74, 6) is -0.892. The quantitative estimate of drug-likeness (QED) is 0.0261. The highest BCUT2D eigenvalue weighted by Gasteiger charge is 2.19. The van der Waals surface area contributed by atoms with Gasteiger partial charge in [0.2, 0.25) is 0 Å². The van der Waals surface area contributed by atoms with Crippen LogP contribution in [0.5, 0.6) is 0 Å². The average Bonchev–Trinajstić information content (AvgIpc) is 3.46. The van der Waals surface area contributed by atoms with E-state index in [4.69, 9.17) is 14.2 Å². The summed E-state index contributed by atoms with van der Waals surface area (Å²) in [6, 6.07) is 0. The number of unbranched alkanes of at least 4 members (excludes halogenated alkanes) is 41. The van der Waals surface area contributed by atoms with E-state index in [0.29, 0.717) is 19.3 Å². The van der Waals surface area contributed by atoms with Crippen LogP contribution in [0.4, 0.5) is 0 Å². The lowest BCUT2D eigenvalue weighted by Gasteiger charge is -2.18. The van der Waals surface area contributed by atoms with Gasteiger partial charge in [0, 0.05) is 19.3 Å². The Morgan fingerprint density at radius 3 is 0.762 bits per heavy atom. The van der Waals surface area contributed by atoms with Crippen LogP contribution in [0.3, 0.4) is 0 Å². The van der Waals surface area contributed by atoms with Gasteiger partial charge in [-0.25, -0.2) is 0 Å². The zero-order valence-electron chi connectivity index (χ0n) is 53.3. The molecule has 0 aliphatic heterocycles. The van der Waals surface area contributed by atoms with Crippen molar-refractivity contribution in [3.05, 3.63) is 72.9 Å². The van der Waals surface area contributed by atoms with Crippen LogP contribution in [-0.4, -0.2) is 37.2 Å². The maximum absolute atomic E-state index is 12.9. The molecule has 0 amide bonds. The van der Waals surface area contributed by atoms with Crippen molar-refractivity contribution in [2.75, 3.05) is 13.2 Å². The molecule has 464 valence electrons. The Morgan fingerprint density at radius 1 is 0.263 bits per heavy atom. The second-order valence-corrected chi connectivity index (χ2v) is 23.4. The van der Waals surface area contributed by atoms with Gasteiger partial charge in [-0.3, -0.25) is 14.4 Å². The number of hydrogen-bond donors (Lipinski definition) is 0. The molecule has 0 aromatic rings. The molecule has 0 N–H and O–H groups in total. The molecule has 0 aromatic carbocycles. The third-order valence-corrected chi connectivity index (χ3v) is 15.5. The molecule has 6 nitrogen and oxygen atoms in total. The van der Waals surface area contributed by atoms with Gasteiger partial charge in [0.25, 0.3) is 0 Å².